The molecule has 0 fully saturated rings. The third-order valence-corrected chi connectivity index (χ3v) is 6.67. The van der Waals surface area contributed by atoms with Gasteiger partial charge in [0.1, 0.15) is 11.3 Å². The number of para-hydroxylation sites is 1. The van der Waals surface area contributed by atoms with Gasteiger partial charge in [-0.1, -0.05) is 41.6 Å². The molecule has 40 heavy (non-hydrogen) atoms. The molecule has 0 aliphatic carbocycles. The Kier molecular flexibility index (Phi) is 6.28. The van der Waals surface area contributed by atoms with Gasteiger partial charge >= 0.3 is 0 Å². The normalized spacial score (nSPS) is 12.2. The number of nitrogens with one attached hydrogen (secondary N) is 1. The van der Waals surface area contributed by atoms with Crippen LogP contribution in [-0.4, -0.2) is 51.8 Å². The number of aromatic nitrogens is 7. The number of nitrogen functional groups attached to an aromatic ring is 1. The number of fused-ring (bicyclic) bond motifs is 2. The topological polar surface area (TPSA) is 158 Å². The first kappa shape index (κ1) is 24.9. The van der Waals surface area contributed by atoms with Crippen LogP contribution in [0.15, 0.2) is 84.0 Å². The minimum Gasteiger partial charge on any atom is -0.394 e. The molecule has 0 saturated carbocycles. The first-order valence-electron chi connectivity index (χ1n) is 12.6. The van der Waals surface area contributed by atoms with Crippen molar-refractivity contribution in [2.75, 3.05) is 12.3 Å². The number of carbonyl (C=O) groups is 1. The van der Waals surface area contributed by atoms with Crippen molar-refractivity contribution in [2.45, 2.75) is 19.5 Å². The van der Waals surface area contributed by atoms with Crippen LogP contribution in [0.3, 0.4) is 0 Å². The van der Waals surface area contributed by atoms with Gasteiger partial charge < -0.3 is 16.2 Å². The van der Waals surface area contributed by atoms with E-state index in [9.17, 15) is 14.7 Å². The summed E-state index contributed by atoms with van der Waals surface area (Å²) in [6.45, 7) is 2.01. The van der Waals surface area contributed by atoms with Gasteiger partial charge in [-0.15, -0.1) is 10.2 Å². The summed E-state index contributed by atoms with van der Waals surface area (Å²) in [6, 6.07) is 17.7. The molecule has 0 spiro atoms. The van der Waals surface area contributed by atoms with Crippen LogP contribution in [0.1, 0.15) is 29.0 Å². The van der Waals surface area contributed by atoms with E-state index in [0.717, 1.165) is 0 Å². The predicted molar refractivity (Wildman–Crippen MR) is 149 cm³/mol. The number of carbonyl (C=O) groups excluding carboxylic acids is 1. The van der Waals surface area contributed by atoms with E-state index in [0.29, 0.717) is 45.6 Å². The summed E-state index contributed by atoms with van der Waals surface area (Å²) in [5.41, 5.74) is 8.63. The number of hydrogen-bond donors (Lipinski definition) is 3. The molecule has 4 N–H and O–H groups in total. The second kappa shape index (κ2) is 10.1. The van der Waals surface area contributed by atoms with Gasteiger partial charge in [0.05, 0.1) is 30.8 Å². The maximum Gasteiger partial charge on any atom is 0.263 e. The average Bonchev–Trinajstić information content (AvgIpc) is 3.56. The molecule has 0 unspecified atom stereocenters. The van der Waals surface area contributed by atoms with E-state index in [4.69, 9.17) is 5.73 Å². The van der Waals surface area contributed by atoms with E-state index in [2.05, 4.69) is 25.7 Å². The Labute approximate surface area is 227 Å². The molecule has 12 nitrogen and oxygen atoms in total. The maximum atomic E-state index is 14.2. The maximum absolute atomic E-state index is 14.2. The highest BCUT2D eigenvalue weighted by atomic mass is 16.3. The fourth-order valence-corrected chi connectivity index (χ4v) is 4.86. The number of nitrogens with two attached hydrogens (primary N) is 1. The second-order valence-corrected chi connectivity index (χ2v) is 9.25. The molecule has 0 bridgehead atoms. The minimum absolute atomic E-state index is 0.0567. The number of amides is 1. The molecule has 1 atom stereocenters. The molecular weight excluding hydrogens is 510 g/mol. The van der Waals surface area contributed by atoms with Crippen molar-refractivity contribution in [3.8, 4) is 16.9 Å². The van der Waals surface area contributed by atoms with E-state index in [1.54, 1.807) is 36.1 Å². The van der Waals surface area contributed by atoms with Crippen LogP contribution in [0.25, 0.3) is 33.4 Å². The molecule has 1 amide bonds. The van der Waals surface area contributed by atoms with Crippen molar-refractivity contribution in [3.05, 3.63) is 101 Å². The van der Waals surface area contributed by atoms with Gasteiger partial charge in [0.2, 0.25) is 0 Å². The lowest BCUT2D eigenvalue weighted by Gasteiger charge is -2.21. The number of benzene rings is 2. The molecule has 0 saturated heterocycles. The van der Waals surface area contributed by atoms with Crippen LogP contribution in [0.2, 0.25) is 0 Å². The average molecular weight is 536 g/mol. The highest BCUT2D eigenvalue weighted by Crippen LogP contribution is 2.28. The van der Waals surface area contributed by atoms with Crippen molar-refractivity contribution in [2.24, 2.45) is 0 Å². The van der Waals surface area contributed by atoms with E-state index in [-0.39, 0.29) is 23.5 Å². The van der Waals surface area contributed by atoms with Gasteiger partial charge in [0.15, 0.2) is 11.5 Å². The third-order valence-electron chi connectivity index (χ3n) is 6.67. The summed E-state index contributed by atoms with van der Waals surface area (Å²) in [7, 11) is 0. The van der Waals surface area contributed by atoms with Gasteiger partial charge in [0, 0.05) is 29.3 Å². The zero-order valence-corrected chi connectivity index (χ0v) is 21.5. The van der Waals surface area contributed by atoms with Crippen molar-refractivity contribution in [1.29, 1.82) is 0 Å². The van der Waals surface area contributed by atoms with Crippen LogP contribution in [0.5, 0.6) is 0 Å². The molecule has 12 heteroatoms. The quantitative estimate of drug-likeness (QED) is 0.281. The number of rotatable bonds is 7. The lowest BCUT2D eigenvalue weighted by molar-refractivity contribution is 0.0941. The van der Waals surface area contributed by atoms with E-state index in [1.807, 2.05) is 54.6 Å². The van der Waals surface area contributed by atoms with Crippen LogP contribution < -0.4 is 16.6 Å². The summed E-state index contributed by atoms with van der Waals surface area (Å²) >= 11 is 0. The Hall–Kier alpha value is -5.36. The number of anilines is 1. The molecule has 4 aromatic heterocycles. The molecular formula is C28H25N9O3. The van der Waals surface area contributed by atoms with Gasteiger partial charge in [-0.2, -0.15) is 0 Å². The van der Waals surface area contributed by atoms with E-state index >= 15 is 0 Å². The zero-order chi connectivity index (χ0) is 27.8. The Morgan fingerprint density at radius 3 is 2.75 bits per heavy atom. The molecule has 0 aliphatic heterocycles. The Morgan fingerprint density at radius 1 is 1.12 bits per heavy atom. The molecule has 0 aliphatic rings. The Bertz CT molecular complexity index is 1920. The fraction of sp³-hybridized carbons (Fsp3) is 0.143. The summed E-state index contributed by atoms with van der Waals surface area (Å²) < 4.78 is 4.56. The van der Waals surface area contributed by atoms with Gasteiger partial charge in [-0.25, -0.2) is 14.2 Å². The summed E-state index contributed by atoms with van der Waals surface area (Å²) in [6.07, 6.45) is 4.92. The van der Waals surface area contributed by atoms with Crippen molar-refractivity contribution < 1.29 is 9.90 Å². The fourth-order valence-electron chi connectivity index (χ4n) is 4.86. The Balaban J connectivity index is 1.49. The molecule has 0 radical (unpaired) electrons. The van der Waals surface area contributed by atoms with Crippen molar-refractivity contribution in [3.63, 3.8) is 0 Å². The van der Waals surface area contributed by atoms with E-state index in [1.165, 1.54) is 9.20 Å². The van der Waals surface area contributed by atoms with Crippen LogP contribution in [0.4, 0.5) is 5.82 Å². The lowest BCUT2D eigenvalue weighted by Crippen LogP contribution is -2.32. The standard InChI is InChI=1S/C28H25N9O3/c1-17(31-27(39)24-25(29)33-36-12-6-11-30-26(24)36)22-15-18-7-5-10-20(21-16-35(13-14-38)34-32-21)23(18)28(40)37(22)19-8-3-2-4-9-19/h2-12,15-17,38H,13-14H2,1H3,(H2,29,33)(H,31,39)/t17-/m0/s1. The third kappa shape index (κ3) is 4.25. The van der Waals surface area contributed by atoms with Crippen LogP contribution >= 0.6 is 0 Å². The number of aliphatic hydroxyl groups excluding tert-OH is 1. The van der Waals surface area contributed by atoms with Gasteiger partial charge in [-0.3, -0.25) is 14.2 Å². The monoisotopic (exact) mass is 535 g/mol. The molecule has 4 heterocycles. The number of hydrogen-bond acceptors (Lipinski definition) is 8. The van der Waals surface area contributed by atoms with Crippen molar-refractivity contribution in [1.82, 2.24) is 39.5 Å². The summed E-state index contributed by atoms with van der Waals surface area (Å²) in [4.78, 5) is 31.9. The number of pyridine rings is 1. The smallest absolute Gasteiger partial charge is 0.263 e. The van der Waals surface area contributed by atoms with Crippen LogP contribution in [0, 0.1) is 0 Å². The van der Waals surface area contributed by atoms with Crippen LogP contribution in [-0.2, 0) is 6.54 Å². The second-order valence-electron chi connectivity index (χ2n) is 9.25. The highest BCUT2D eigenvalue weighted by Gasteiger charge is 2.24. The number of nitrogens with zero attached hydrogens (tertiary/aromatic N) is 7. The highest BCUT2D eigenvalue weighted by molar-refractivity contribution is 6.04. The zero-order valence-electron chi connectivity index (χ0n) is 21.5. The molecule has 6 aromatic rings. The van der Waals surface area contributed by atoms with Crippen molar-refractivity contribution >= 4 is 28.1 Å². The largest absolute Gasteiger partial charge is 0.394 e. The first-order valence-corrected chi connectivity index (χ1v) is 12.6. The van der Waals surface area contributed by atoms with Gasteiger partial charge in [0.25, 0.3) is 11.5 Å². The molecule has 2 aromatic carbocycles. The predicted octanol–water partition coefficient (Wildman–Crippen LogP) is 2.36. The minimum atomic E-state index is -0.600. The van der Waals surface area contributed by atoms with E-state index < -0.39 is 11.9 Å². The Morgan fingerprint density at radius 2 is 1.95 bits per heavy atom. The molecule has 200 valence electrons. The summed E-state index contributed by atoms with van der Waals surface area (Å²) in [5, 5.41) is 25.8. The first-order chi connectivity index (χ1) is 19.5. The lowest BCUT2D eigenvalue weighted by atomic mass is 10.0. The number of aliphatic hydroxyl groups is 1. The molecule has 6 rings (SSSR count). The SMILES string of the molecule is C[C@H](NC(=O)c1c(N)nn2cccnc12)c1cc2cccc(-c3cn(CCO)nn3)c2c(=O)n1-c1ccccc1. The summed E-state index contributed by atoms with van der Waals surface area (Å²) in [5.74, 6) is -0.402. The van der Waals surface area contributed by atoms with Gasteiger partial charge in [-0.05, 0) is 36.6 Å².